The summed E-state index contributed by atoms with van der Waals surface area (Å²) in [6.45, 7) is 5.04. The van der Waals surface area contributed by atoms with Crippen molar-refractivity contribution in [3.63, 3.8) is 0 Å². The monoisotopic (exact) mass is 210 g/mol. The van der Waals surface area contributed by atoms with Crippen LogP contribution in [0.25, 0.3) is 0 Å². The number of allylic oxidation sites excluding steroid dienone is 2. The van der Waals surface area contributed by atoms with E-state index in [0.29, 0.717) is 5.57 Å². The predicted molar refractivity (Wildman–Crippen MR) is 56.1 cm³/mol. The molecule has 0 fully saturated rings. The first kappa shape index (κ1) is 13.2. The van der Waals surface area contributed by atoms with Gasteiger partial charge in [0.1, 0.15) is 0 Å². The first-order valence-corrected chi connectivity index (χ1v) is 4.24. The summed E-state index contributed by atoms with van der Waals surface area (Å²) in [5, 5.41) is 0. The van der Waals surface area contributed by atoms with Crippen molar-refractivity contribution >= 4 is 11.9 Å². The lowest BCUT2D eigenvalue weighted by Crippen LogP contribution is -2.03. The summed E-state index contributed by atoms with van der Waals surface area (Å²) < 4.78 is 8.98. The fourth-order valence-corrected chi connectivity index (χ4v) is 0.781. The van der Waals surface area contributed by atoms with Crippen molar-refractivity contribution in [2.75, 3.05) is 14.2 Å². The summed E-state index contributed by atoms with van der Waals surface area (Å²) in [5.41, 5.74) is 0.668. The predicted octanol–water partition coefficient (Wildman–Crippen LogP) is 1.39. The minimum Gasteiger partial charge on any atom is -0.466 e. The average Bonchev–Trinajstić information content (AvgIpc) is 2.27. The van der Waals surface area contributed by atoms with Gasteiger partial charge in [-0.25, -0.2) is 9.59 Å². The maximum Gasteiger partial charge on any atom is 0.337 e. The van der Waals surface area contributed by atoms with E-state index in [2.05, 4.69) is 16.1 Å². The van der Waals surface area contributed by atoms with Gasteiger partial charge in [-0.3, -0.25) is 0 Å². The molecule has 4 heteroatoms. The summed E-state index contributed by atoms with van der Waals surface area (Å²) in [5.74, 6) is -0.946. The topological polar surface area (TPSA) is 52.6 Å². The molecular formula is C11H14O4. The van der Waals surface area contributed by atoms with E-state index in [1.807, 2.05) is 0 Å². The highest BCUT2D eigenvalue weighted by Gasteiger charge is 2.05. The van der Waals surface area contributed by atoms with Gasteiger partial charge in [-0.2, -0.15) is 0 Å². The third-order valence-electron chi connectivity index (χ3n) is 1.66. The zero-order valence-electron chi connectivity index (χ0n) is 9.07. The molecule has 0 aromatic carbocycles. The number of rotatable bonds is 4. The summed E-state index contributed by atoms with van der Waals surface area (Å²) in [4.78, 5) is 22.1. The Hall–Kier alpha value is -1.84. The van der Waals surface area contributed by atoms with Gasteiger partial charge in [0.2, 0.25) is 0 Å². The zero-order chi connectivity index (χ0) is 11.8. The molecule has 82 valence electrons. The number of carbonyl (C=O) groups is 2. The van der Waals surface area contributed by atoms with Crippen LogP contribution in [0.1, 0.15) is 6.92 Å². The second-order valence-electron chi connectivity index (χ2n) is 2.66. The Morgan fingerprint density at radius 1 is 1.07 bits per heavy atom. The van der Waals surface area contributed by atoms with Gasteiger partial charge < -0.3 is 9.47 Å². The van der Waals surface area contributed by atoms with Gasteiger partial charge in [0.25, 0.3) is 0 Å². The molecule has 0 saturated heterocycles. The molecule has 0 amide bonds. The SMILES string of the molecule is C=C/C(=C\C=C(/C)C(=O)OC)C(=O)OC. The van der Waals surface area contributed by atoms with E-state index in [1.165, 1.54) is 32.4 Å². The first-order valence-electron chi connectivity index (χ1n) is 4.24. The third-order valence-corrected chi connectivity index (χ3v) is 1.66. The van der Waals surface area contributed by atoms with Crippen LogP contribution in [0.15, 0.2) is 36.0 Å². The molecular weight excluding hydrogens is 196 g/mol. The number of methoxy groups -OCH3 is 2. The lowest BCUT2D eigenvalue weighted by atomic mass is 10.2. The number of esters is 2. The van der Waals surface area contributed by atoms with Crippen molar-refractivity contribution in [3.05, 3.63) is 36.0 Å². The van der Waals surface area contributed by atoms with E-state index in [4.69, 9.17) is 0 Å². The highest BCUT2D eigenvalue weighted by molar-refractivity contribution is 5.92. The van der Waals surface area contributed by atoms with E-state index in [-0.39, 0.29) is 5.57 Å². The summed E-state index contributed by atoms with van der Waals surface area (Å²) in [7, 11) is 2.56. The minimum absolute atomic E-state index is 0.278. The molecule has 0 aliphatic carbocycles. The second-order valence-corrected chi connectivity index (χ2v) is 2.66. The molecule has 0 radical (unpaired) electrons. The molecule has 0 spiro atoms. The van der Waals surface area contributed by atoms with E-state index in [0.717, 1.165) is 0 Å². The Bertz CT molecular complexity index is 323. The van der Waals surface area contributed by atoms with Gasteiger partial charge in [-0.05, 0) is 13.0 Å². The van der Waals surface area contributed by atoms with Gasteiger partial charge in [0.15, 0.2) is 0 Å². The van der Waals surface area contributed by atoms with Crippen LogP contribution in [0.5, 0.6) is 0 Å². The maximum atomic E-state index is 11.1. The molecule has 4 nitrogen and oxygen atoms in total. The van der Waals surface area contributed by atoms with Crippen LogP contribution in [-0.2, 0) is 19.1 Å². The minimum atomic E-state index is -0.501. The fraction of sp³-hybridized carbons (Fsp3) is 0.273. The molecule has 0 bridgehead atoms. The molecule has 0 aliphatic rings. The van der Waals surface area contributed by atoms with E-state index in [1.54, 1.807) is 6.92 Å². The molecule has 0 aliphatic heterocycles. The zero-order valence-corrected chi connectivity index (χ0v) is 9.07. The van der Waals surface area contributed by atoms with Gasteiger partial charge in [-0.1, -0.05) is 18.7 Å². The second kappa shape index (κ2) is 6.59. The van der Waals surface area contributed by atoms with Crippen LogP contribution in [0.2, 0.25) is 0 Å². The number of hydrogen-bond acceptors (Lipinski definition) is 4. The van der Waals surface area contributed by atoms with Crippen molar-refractivity contribution in [3.8, 4) is 0 Å². The lowest BCUT2D eigenvalue weighted by molar-refractivity contribution is -0.136. The smallest absolute Gasteiger partial charge is 0.337 e. The Kier molecular flexibility index (Phi) is 5.78. The Labute approximate surface area is 88.9 Å². The maximum absolute atomic E-state index is 11.1. The normalized spacial score (nSPS) is 11.9. The van der Waals surface area contributed by atoms with Crippen molar-refractivity contribution in [1.82, 2.24) is 0 Å². The average molecular weight is 210 g/mol. The molecule has 0 N–H and O–H groups in total. The number of carbonyl (C=O) groups excluding carboxylic acids is 2. The van der Waals surface area contributed by atoms with E-state index < -0.39 is 11.9 Å². The van der Waals surface area contributed by atoms with Crippen LogP contribution in [-0.4, -0.2) is 26.2 Å². The Morgan fingerprint density at radius 2 is 1.60 bits per heavy atom. The molecule has 0 heterocycles. The quantitative estimate of drug-likeness (QED) is 0.399. The summed E-state index contributed by atoms with van der Waals surface area (Å²) in [6.07, 6.45) is 4.28. The van der Waals surface area contributed by atoms with Crippen molar-refractivity contribution in [2.45, 2.75) is 6.92 Å². The van der Waals surface area contributed by atoms with Crippen molar-refractivity contribution < 1.29 is 19.1 Å². The van der Waals surface area contributed by atoms with Crippen LogP contribution in [0.3, 0.4) is 0 Å². The first-order chi connectivity index (χ1) is 7.06. The van der Waals surface area contributed by atoms with Gasteiger partial charge in [-0.15, -0.1) is 0 Å². The largest absolute Gasteiger partial charge is 0.466 e. The van der Waals surface area contributed by atoms with Gasteiger partial charge >= 0.3 is 11.9 Å². The summed E-state index contributed by atoms with van der Waals surface area (Å²) in [6, 6.07) is 0. The molecule has 0 aromatic rings. The van der Waals surface area contributed by atoms with Crippen molar-refractivity contribution in [1.29, 1.82) is 0 Å². The number of ether oxygens (including phenoxy) is 2. The third kappa shape index (κ3) is 4.26. The van der Waals surface area contributed by atoms with E-state index in [9.17, 15) is 9.59 Å². The van der Waals surface area contributed by atoms with Crippen molar-refractivity contribution in [2.24, 2.45) is 0 Å². The van der Waals surface area contributed by atoms with Crippen LogP contribution >= 0.6 is 0 Å². The highest BCUT2D eigenvalue weighted by Crippen LogP contribution is 2.02. The molecule has 0 aromatic heterocycles. The van der Waals surface area contributed by atoms with Gasteiger partial charge in [0.05, 0.1) is 19.8 Å². The Morgan fingerprint density at radius 3 is 2.00 bits per heavy atom. The molecule has 0 saturated carbocycles. The van der Waals surface area contributed by atoms with Crippen LogP contribution in [0.4, 0.5) is 0 Å². The molecule has 0 rings (SSSR count). The summed E-state index contributed by atoms with van der Waals surface area (Å²) >= 11 is 0. The fourth-order valence-electron chi connectivity index (χ4n) is 0.781. The molecule has 0 unspecified atom stereocenters. The molecule has 15 heavy (non-hydrogen) atoms. The Balaban J connectivity index is 4.80. The highest BCUT2D eigenvalue weighted by atomic mass is 16.5. The van der Waals surface area contributed by atoms with Crippen LogP contribution in [0, 0.1) is 0 Å². The standard InChI is InChI=1S/C11H14O4/c1-5-9(11(13)15-4)7-6-8(2)10(12)14-3/h5-7H,1H2,2-4H3/b8-6+,9-7+. The van der Waals surface area contributed by atoms with Gasteiger partial charge in [0, 0.05) is 5.57 Å². The number of hydrogen-bond donors (Lipinski definition) is 0. The lowest BCUT2D eigenvalue weighted by Gasteiger charge is -1.98. The van der Waals surface area contributed by atoms with Crippen LogP contribution < -0.4 is 0 Å². The molecule has 0 atom stereocenters. The van der Waals surface area contributed by atoms with E-state index >= 15 is 0 Å².